The molecule has 0 spiro atoms. The van der Waals surface area contributed by atoms with Gasteiger partial charge in [-0.2, -0.15) is 0 Å². The van der Waals surface area contributed by atoms with Gasteiger partial charge >= 0.3 is 5.97 Å². The fourth-order valence-corrected chi connectivity index (χ4v) is 2.77. The zero-order chi connectivity index (χ0) is 15.4. The first kappa shape index (κ1) is 15.5. The largest absolute Gasteiger partial charge is 0.496 e. The lowest BCUT2D eigenvalue weighted by molar-refractivity contribution is -0.143. The first-order valence-corrected chi connectivity index (χ1v) is 7.18. The van der Waals surface area contributed by atoms with Crippen molar-refractivity contribution in [3.8, 4) is 5.75 Å². The van der Waals surface area contributed by atoms with Crippen LogP contribution in [0.4, 0.5) is 0 Å². The normalized spacial score (nSPS) is 18.2. The highest BCUT2D eigenvalue weighted by atomic mass is 16.5. The van der Waals surface area contributed by atoms with E-state index in [-0.39, 0.29) is 17.7 Å². The molecule has 0 amide bonds. The number of benzene rings is 1. The average Bonchev–Trinajstić information content (AvgIpc) is 2.53. The fourth-order valence-electron chi connectivity index (χ4n) is 2.77. The van der Waals surface area contributed by atoms with Crippen molar-refractivity contribution in [2.75, 3.05) is 20.2 Å². The van der Waals surface area contributed by atoms with E-state index in [1.165, 1.54) is 0 Å². The topological polar surface area (TPSA) is 66.8 Å². The predicted octanol–water partition coefficient (Wildman–Crippen LogP) is 2.06. The molecule has 1 aliphatic heterocycles. The second-order valence-electron chi connectivity index (χ2n) is 5.39. The highest BCUT2D eigenvalue weighted by molar-refractivity contribution is 6.02. The van der Waals surface area contributed by atoms with Crippen LogP contribution >= 0.6 is 0 Å². The molecule has 0 saturated carbocycles. The standard InChI is InChI=1S/C16H21NO4/c1-11(17-9-7-12(8-10-17)16(19)20)15(18)13-5-3-4-6-14(13)21-2/h3-6,11-12H,7-10H2,1-2H3,(H,19,20). The molecule has 1 heterocycles. The minimum absolute atomic E-state index is 0.0150. The third kappa shape index (κ3) is 3.42. The SMILES string of the molecule is COc1ccccc1C(=O)C(C)N1CCC(C(=O)O)CC1. The quantitative estimate of drug-likeness (QED) is 0.841. The van der Waals surface area contributed by atoms with Crippen LogP contribution in [0.2, 0.25) is 0 Å². The maximum atomic E-state index is 12.6. The maximum absolute atomic E-state index is 12.6. The number of Topliss-reactive ketones (excluding diaryl/α,β-unsaturated/α-hetero) is 1. The molecular formula is C16H21NO4. The van der Waals surface area contributed by atoms with Gasteiger partial charge in [-0.15, -0.1) is 0 Å². The van der Waals surface area contributed by atoms with Gasteiger partial charge in [0.25, 0.3) is 0 Å². The number of carboxylic acids is 1. The van der Waals surface area contributed by atoms with Gasteiger partial charge < -0.3 is 9.84 Å². The van der Waals surface area contributed by atoms with Gasteiger partial charge in [0.15, 0.2) is 5.78 Å². The monoisotopic (exact) mass is 291 g/mol. The van der Waals surface area contributed by atoms with Crippen LogP contribution in [-0.2, 0) is 4.79 Å². The van der Waals surface area contributed by atoms with E-state index in [0.717, 1.165) is 0 Å². The summed E-state index contributed by atoms with van der Waals surface area (Å²) in [5.74, 6) is -0.427. The lowest BCUT2D eigenvalue weighted by atomic mass is 9.94. The lowest BCUT2D eigenvalue weighted by Gasteiger charge is -2.34. The number of para-hydroxylation sites is 1. The molecule has 0 radical (unpaired) electrons. The van der Waals surface area contributed by atoms with Crippen LogP contribution in [0.5, 0.6) is 5.75 Å². The van der Waals surface area contributed by atoms with Gasteiger partial charge in [-0.05, 0) is 45.0 Å². The summed E-state index contributed by atoms with van der Waals surface area (Å²) in [4.78, 5) is 25.6. The number of ether oxygens (including phenoxy) is 1. The Morgan fingerprint density at radius 3 is 2.48 bits per heavy atom. The Hall–Kier alpha value is -1.88. The fraction of sp³-hybridized carbons (Fsp3) is 0.500. The van der Waals surface area contributed by atoms with Crippen molar-refractivity contribution in [1.82, 2.24) is 4.90 Å². The Kier molecular flexibility index (Phi) is 4.96. The van der Waals surface area contributed by atoms with Crippen LogP contribution in [-0.4, -0.2) is 48.0 Å². The first-order chi connectivity index (χ1) is 10.0. The molecule has 21 heavy (non-hydrogen) atoms. The molecule has 5 heteroatoms. The number of methoxy groups -OCH3 is 1. The molecule has 0 aliphatic carbocycles. The molecule has 2 rings (SSSR count). The van der Waals surface area contributed by atoms with Gasteiger partial charge in [0.1, 0.15) is 5.75 Å². The van der Waals surface area contributed by atoms with Gasteiger partial charge in [-0.3, -0.25) is 14.5 Å². The predicted molar refractivity (Wildman–Crippen MR) is 78.7 cm³/mol. The van der Waals surface area contributed by atoms with E-state index in [2.05, 4.69) is 0 Å². The van der Waals surface area contributed by atoms with Gasteiger partial charge in [0.2, 0.25) is 0 Å². The minimum atomic E-state index is -0.738. The molecule has 1 N–H and O–H groups in total. The summed E-state index contributed by atoms with van der Waals surface area (Å²) in [6.45, 7) is 3.15. The number of ketones is 1. The zero-order valence-corrected chi connectivity index (χ0v) is 12.4. The van der Waals surface area contributed by atoms with Gasteiger partial charge in [0.05, 0.1) is 24.6 Å². The first-order valence-electron chi connectivity index (χ1n) is 7.18. The van der Waals surface area contributed by atoms with E-state index in [9.17, 15) is 9.59 Å². The van der Waals surface area contributed by atoms with Crippen molar-refractivity contribution >= 4 is 11.8 Å². The Balaban J connectivity index is 2.05. The lowest BCUT2D eigenvalue weighted by Crippen LogP contribution is -2.45. The number of hydrogen-bond donors (Lipinski definition) is 1. The van der Waals surface area contributed by atoms with E-state index in [1.54, 1.807) is 19.2 Å². The zero-order valence-electron chi connectivity index (χ0n) is 12.4. The van der Waals surface area contributed by atoms with Crippen LogP contribution in [0.15, 0.2) is 24.3 Å². The van der Waals surface area contributed by atoms with Crippen molar-refractivity contribution in [2.45, 2.75) is 25.8 Å². The van der Waals surface area contributed by atoms with E-state index in [0.29, 0.717) is 37.2 Å². The maximum Gasteiger partial charge on any atom is 0.306 e. The molecule has 1 aromatic carbocycles. The van der Waals surface area contributed by atoms with Crippen LogP contribution in [0.3, 0.4) is 0 Å². The summed E-state index contributed by atoms with van der Waals surface area (Å²) in [7, 11) is 1.55. The third-order valence-electron chi connectivity index (χ3n) is 4.18. The van der Waals surface area contributed by atoms with E-state index in [1.807, 2.05) is 24.0 Å². The highest BCUT2D eigenvalue weighted by Gasteiger charge is 2.30. The Morgan fingerprint density at radius 1 is 1.29 bits per heavy atom. The number of piperidine rings is 1. The van der Waals surface area contributed by atoms with Crippen molar-refractivity contribution in [1.29, 1.82) is 0 Å². The molecule has 1 aromatic rings. The van der Waals surface area contributed by atoms with Gasteiger partial charge in [-0.1, -0.05) is 12.1 Å². The summed E-state index contributed by atoms with van der Waals surface area (Å²) in [6.07, 6.45) is 1.19. The van der Waals surface area contributed by atoms with Crippen LogP contribution in [0.25, 0.3) is 0 Å². The number of hydrogen-bond acceptors (Lipinski definition) is 4. The van der Waals surface area contributed by atoms with Crippen LogP contribution in [0.1, 0.15) is 30.1 Å². The summed E-state index contributed by atoms with van der Waals surface area (Å²) >= 11 is 0. The van der Waals surface area contributed by atoms with Crippen molar-refractivity contribution in [3.63, 3.8) is 0 Å². The van der Waals surface area contributed by atoms with Gasteiger partial charge in [-0.25, -0.2) is 0 Å². The van der Waals surface area contributed by atoms with E-state index in [4.69, 9.17) is 9.84 Å². The summed E-state index contributed by atoms with van der Waals surface area (Å²) in [5.41, 5.74) is 0.577. The minimum Gasteiger partial charge on any atom is -0.496 e. The number of nitrogens with zero attached hydrogens (tertiary/aromatic N) is 1. The molecule has 1 saturated heterocycles. The molecule has 1 fully saturated rings. The average molecular weight is 291 g/mol. The molecular weight excluding hydrogens is 270 g/mol. The van der Waals surface area contributed by atoms with E-state index >= 15 is 0 Å². The van der Waals surface area contributed by atoms with E-state index < -0.39 is 5.97 Å². The van der Waals surface area contributed by atoms with Crippen molar-refractivity contribution in [2.24, 2.45) is 5.92 Å². The van der Waals surface area contributed by atoms with Gasteiger partial charge in [0, 0.05) is 0 Å². The van der Waals surface area contributed by atoms with Crippen molar-refractivity contribution < 1.29 is 19.4 Å². The smallest absolute Gasteiger partial charge is 0.306 e. The second-order valence-corrected chi connectivity index (χ2v) is 5.39. The molecule has 0 bridgehead atoms. The molecule has 1 aliphatic rings. The van der Waals surface area contributed by atoms with Crippen molar-refractivity contribution in [3.05, 3.63) is 29.8 Å². The molecule has 1 unspecified atom stereocenters. The molecule has 0 aromatic heterocycles. The Labute approximate surface area is 124 Å². The van der Waals surface area contributed by atoms with Crippen LogP contribution in [0, 0.1) is 5.92 Å². The summed E-state index contributed by atoms with van der Waals surface area (Å²) in [6, 6.07) is 6.92. The third-order valence-corrected chi connectivity index (χ3v) is 4.18. The molecule has 1 atom stereocenters. The molecule has 114 valence electrons. The number of carboxylic acid groups (broad SMARTS) is 1. The Morgan fingerprint density at radius 2 is 1.90 bits per heavy atom. The summed E-state index contributed by atoms with van der Waals surface area (Å²) in [5, 5.41) is 9.02. The highest BCUT2D eigenvalue weighted by Crippen LogP contribution is 2.24. The number of rotatable bonds is 5. The van der Waals surface area contributed by atoms with Crippen LogP contribution < -0.4 is 4.74 Å². The number of likely N-dealkylation sites (tertiary alicyclic amines) is 1. The second kappa shape index (κ2) is 6.72. The Bertz CT molecular complexity index is 521. The summed E-state index contributed by atoms with van der Waals surface area (Å²) < 4.78 is 5.24. The number of carbonyl (C=O) groups excluding carboxylic acids is 1. The number of carbonyl (C=O) groups is 2. The number of aliphatic carboxylic acids is 1. The molecule has 5 nitrogen and oxygen atoms in total.